The molecule has 2 aromatic heterocycles. The number of rotatable bonds is 5. The first kappa shape index (κ1) is 16.8. The van der Waals surface area contributed by atoms with Crippen LogP contribution in [-0.2, 0) is 6.42 Å². The van der Waals surface area contributed by atoms with Crippen molar-refractivity contribution in [1.82, 2.24) is 20.1 Å². The third-order valence-electron chi connectivity index (χ3n) is 5.72. The van der Waals surface area contributed by atoms with E-state index in [1.54, 1.807) is 11.3 Å². The summed E-state index contributed by atoms with van der Waals surface area (Å²) in [7, 11) is 0. The summed E-state index contributed by atoms with van der Waals surface area (Å²) in [4.78, 5) is 6.86. The highest BCUT2D eigenvalue weighted by Crippen LogP contribution is 2.38. The summed E-state index contributed by atoms with van der Waals surface area (Å²) < 4.78 is 6.46. The molecule has 0 N–H and O–H groups in total. The molecule has 5 heterocycles. The number of nitrogens with zero attached hydrogens (tertiary/aromatic N) is 4. The van der Waals surface area contributed by atoms with Gasteiger partial charge in [0, 0.05) is 18.0 Å². The SMILES string of the molecule is c1ccc(-c2nnc(OC3C4CCN(CC4)C3Cc3cccnc3)s2)cc1. The molecule has 0 radical (unpaired) electrons. The number of aromatic nitrogens is 3. The van der Waals surface area contributed by atoms with Gasteiger partial charge in [-0.3, -0.25) is 9.88 Å². The van der Waals surface area contributed by atoms with Crippen LogP contribution >= 0.6 is 11.3 Å². The molecule has 138 valence electrons. The smallest absolute Gasteiger partial charge is 0.294 e. The molecule has 3 aliphatic rings. The minimum absolute atomic E-state index is 0.171. The van der Waals surface area contributed by atoms with Crippen molar-refractivity contribution in [1.29, 1.82) is 0 Å². The van der Waals surface area contributed by atoms with Gasteiger partial charge in [-0.15, -0.1) is 5.10 Å². The summed E-state index contributed by atoms with van der Waals surface area (Å²) in [6.45, 7) is 2.33. The van der Waals surface area contributed by atoms with E-state index in [-0.39, 0.29) is 6.10 Å². The van der Waals surface area contributed by atoms with Gasteiger partial charge in [0.1, 0.15) is 6.10 Å². The first-order valence-corrected chi connectivity index (χ1v) is 10.4. The Labute approximate surface area is 163 Å². The first-order valence-electron chi connectivity index (χ1n) is 9.55. The molecule has 5 nitrogen and oxygen atoms in total. The van der Waals surface area contributed by atoms with Gasteiger partial charge in [-0.25, -0.2) is 0 Å². The van der Waals surface area contributed by atoms with Crippen LogP contribution < -0.4 is 4.74 Å². The van der Waals surface area contributed by atoms with Gasteiger partial charge in [0.2, 0.25) is 0 Å². The predicted octanol–water partition coefficient (Wildman–Crippen LogP) is 3.68. The zero-order chi connectivity index (χ0) is 18.1. The Bertz CT molecular complexity index is 877. The van der Waals surface area contributed by atoms with Crippen LogP contribution in [-0.4, -0.2) is 45.3 Å². The van der Waals surface area contributed by atoms with E-state index in [2.05, 4.69) is 38.3 Å². The Morgan fingerprint density at radius 3 is 2.67 bits per heavy atom. The van der Waals surface area contributed by atoms with Gasteiger partial charge in [-0.05, 0) is 49.9 Å². The summed E-state index contributed by atoms with van der Waals surface area (Å²) >= 11 is 1.54. The van der Waals surface area contributed by atoms with Crippen molar-refractivity contribution in [2.75, 3.05) is 13.1 Å². The van der Waals surface area contributed by atoms with E-state index < -0.39 is 0 Å². The minimum Gasteiger partial charge on any atom is -0.464 e. The second-order valence-corrected chi connectivity index (χ2v) is 8.27. The van der Waals surface area contributed by atoms with Crippen molar-refractivity contribution in [3.05, 3.63) is 60.4 Å². The number of hydrogen-bond acceptors (Lipinski definition) is 6. The normalized spacial score (nSPS) is 26.8. The Hall–Kier alpha value is -2.31. The van der Waals surface area contributed by atoms with Gasteiger partial charge in [-0.1, -0.05) is 52.8 Å². The molecular weight excluding hydrogens is 356 g/mol. The van der Waals surface area contributed by atoms with Crippen LogP contribution in [0.15, 0.2) is 54.9 Å². The molecule has 3 saturated heterocycles. The zero-order valence-electron chi connectivity index (χ0n) is 15.1. The fourth-order valence-electron chi connectivity index (χ4n) is 4.35. The molecule has 0 amide bonds. The lowest BCUT2D eigenvalue weighted by atomic mass is 9.78. The fourth-order valence-corrected chi connectivity index (χ4v) is 5.09. The fraction of sp³-hybridized carbons (Fsp3) is 0.381. The highest BCUT2D eigenvalue weighted by Gasteiger charge is 2.44. The van der Waals surface area contributed by atoms with E-state index in [0.717, 1.165) is 17.0 Å². The van der Waals surface area contributed by atoms with Gasteiger partial charge in [0.05, 0.1) is 6.04 Å². The molecule has 1 aromatic carbocycles. The molecule has 27 heavy (non-hydrogen) atoms. The molecule has 3 aliphatic heterocycles. The summed E-state index contributed by atoms with van der Waals surface area (Å²) in [6.07, 6.45) is 7.36. The highest BCUT2D eigenvalue weighted by molar-refractivity contribution is 7.16. The van der Waals surface area contributed by atoms with Gasteiger partial charge in [-0.2, -0.15) is 0 Å². The van der Waals surface area contributed by atoms with E-state index in [1.165, 1.54) is 31.5 Å². The number of ether oxygens (including phenoxy) is 1. The van der Waals surface area contributed by atoms with Gasteiger partial charge in [0.15, 0.2) is 5.01 Å². The maximum atomic E-state index is 6.46. The van der Waals surface area contributed by atoms with Crippen molar-refractivity contribution in [3.8, 4) is 15.8 Å². The molecule has 2 unspecified atom stereocenters. The number of pyridine rings is 1. The number of piperidine rings is 3. The van der Waals surface area contributed by atoms with Crippen LogP contribution in [0.3, 0.4) is 0 Å². The lowest BCUT2D eigenvalue weighted by molar-refractivity contribution is -0.0581. The second-order valence-electron chi connectivity index (χ2n) is 7.33. The van der Waals surface area contributed by atoms with Crippen molar-refractivity contribution < 1.29 is 4.74 Å². The predicted molar refractivity (Wildman–Crippen MR) is 106 cm³/mol. The van der Waals surface area contributed by atoms with Crippen LogP contribution in [0.5, 0.6) is 5.19 Å². The quantitative estimate of drug-likeness (QED) is 0.678. The maximum absolute atomic E-state index is 6.46. The van der Waals surface area contributed by atoms with E-state index >= 15 is 0 Å². The van der Waals surface area contributed by atoms with Gasteiger partial charge < -0.3 is 4.74 Å². The first-order chi connectivity index (χ1) is 13.4. The molecule has 0 saturated carbocycles. The highest BCUT2D eigenvalue weighted by atomic mass is 32.1. The second kappa shape index (κ2) is 7.37. The molecule has 3 aromatic rings. The number of benzene rings is 1. The van der Waals surface area contributed by atoms with Gasteiger partial charge in [0.25, 0.3) is 5.19 Å². The lowest BCUT2D eigenvalue weighted by Gasteiger charge is -2.50. The average molecular weight is 379 g/mol. The third-order valence-corrected chi connectivity index (χ3v) is 6.58. The molecule has 0 spiro atoms. The lowest BCUT2D eigenvalue weighted by Crippen LogP contribution is -2.60. The topological polar surface area (TPSA) is 51.1 Å². The van der Waals surface area contributed by atoms with Crippen LogP contribution in [0.2, 0.25) is 0 Å². The Morgan fingerprint density at radius 1 is 1.04 bits per heavy atom. The van der Waals surface area contributed by atoms with Crippen molar-refractivity contribution >= 4 is 11.3 Å². The van der Waals surface area contributed by atoms with E-state index in [4.69, 9.17) is 4.74 Å². The molecule has 6 heteroatoms. The largest absolute Gasteiger partial charge is 0.464 e. The number of hydrogen-bond donors (Lipinski definition) is 0. The van der Waals surface area contributed by atoms with E-state index in [0.29, 0.717) is 17.2 Å². The van der Waals surface area contributed by atoms with Crippen LogP contribution in [0.1, 0.15) is 18.4 Å². The third kappa shape index (κ3) is 3.47. The summed E-state index contributed by atoms with van der Waals surface area (Å²) in [6, 6.07) is 14.7. The summed E-state index contributed by atoms with van der Waals surface area (Å²) in [5.74, 6) is 0.598. The average Bonchev–Trinajstić information content (AvgIpc) is 3.21. The zero-order valence-corrected chi connectivity index (χ0v) is 15.9. The van der Waals surface area contributed by atoms with Crippen LogP contribution in [0, 0.1) is 5.92 Å². The van der Waals surface area contributed by atoms with E-state index in [1.807, 2.05) is 36.7 Å². The summed E-state index contributed by atoms with van der Waals surface area (Å²) in [5.41, 5.74) is 2.36. The van der Waals surface area contributed by atoms with Gasteiger partial charge >= 0.3 is 0 Å². The molecule has 3 fully saturated rings. The van der Waals surface area contributed by atoms with Crippen molar-refractivity contribution in [2.24, 2.45) is 5.92 Å². The Morgan fingerprint density at radius 2 is 1.89 bits per heavy atom. The monoisotopic (exact) mass is 378 g/mol. The Balaban J connectivity index is 1.37. The molecule has 6 rings (SSSR count). The molecule has 2 bridgehead atoms. The molecule has 0 aliphatic carbocycles. The minimum atomic E-state index is 0.171. The molecular formula is C21H22N4OS. The van der Waals surface area contributed by atoms with Crippen molar-refractivity contribution in [3.63, 3.8) is 0 Å². The maximum Gasteiger partial charge on any atom is 0.294 e. The number of fused-ring (bicyclic) bond motifs is 3. The summed E-state index contributed by atoms with van der Waals surface area (Å²) in [5, 5.41) is 10.3. The molecule has 2 atom stereocenters. The van der Waals surface area contributed by atoms with Crippen LogP contribution in [0.25, 0.3) is 10.6 Å². The van der Waals surface area contributed by atoms with Crippen LogP contribution in [0.4, 0.5) is 0 Å². The standard InChI is InChI=1S/C21H22N4OS/c1-2-6-17(7-3-1)20-23-24-21(27-20)26-19-16-8-11-25(12-9-16)18(19)13-15-5-4-10-22-14-15/h1-7,10,14,16,18-19H,8-9,11-13H2. The van der Waals surface area contributed by atoms with E-state index in [9.17, 15) is 0 Å². The Kier molecular flexibility index (Phi) is 4.59. The van der Waals surface area contributed by atoms with Crippen molar-refractivity contribution in [2.45, 2.75) is 31.4 Å².